The molecule has 1 unspecified atom stereocenters. The molecule has 1 saturated heterocycles. The first-order valence-electron chi connectivity index (χ1n) is 5.72. The Morgan fingerprint density at radius 3 is 2.94 bits per heavy atom. The van der Waals surface area contributed by atoms with E-state index in [1.807, 2.05) is 6.92 Å². The molecule has 2 rings (SSSR count). The van der Waals surface area contributed by atoms with E-state index in [4.69, 9.17) is 11.6 Å². The number of carbonyl (C=O) groups excluding carboxylic acids is 2. The molecule has 7 heteroatoms. The van der Waals surface area contributed by atoms with Crippen molar-refractivity contribution >= 4 is 29.2 Å². The average Bonchev–Trinajstić information content (AvgIpc) is 2.32. The van der Waals surface area contributed by atoms with E-state index >= 15 is 0 Å². The van der Waals surface area contributed by atoms with Crippen molar-refractivity contribution < 1.29 is 9.59 Å². The van der Waals surface area contributed by atoms with Crippen LogP contribution in [0, 0.1) is 0 Å². The van der Waals surface area contributed by atoms with E-state index in [1.54, 1.807) is 6.07 Å². The lowest BCUT2D eigenvalue weighted by Crippen LogP contribution is -2.47. The van der Waals surface area contributed by atoms with Crippen LogP contribution in [0.15, 0.2) is 6.07 Å². The zero-order valence-corrected chi connectivity index (χ0v) is 10.6. The third kappa shape index (κ3) is 2.95. The van der Waals surface area contributed by atoms with Crippen molar-refractivity contribution in [2.75, 3.05) is 5.32 Å². The first-order chi connectivity index (χ1) is 8.58. The van der Waals surface area contributed by atoms with E-state index < -0.39 is 6.04 Å². The van der Waals surface area contributed by atoms with Gasteiger partial charge in [0.25, 0.3) is 0 Å². The van der Waals surface area contributed by atoms with Crippen LogP contribution in [-0.2, 0) is 16.0 Å². The Morgan fingerprint density at radius 1 is 1.50 bits per heavy atom. The van der Waals surface area contributed by atoms with Crippen molar-refractivity contribution in [3.8, 4) is 0 Å². The van der Waals surface area contributed by atoms with Gasteiger partial charge in [-0.2, -0.15) is 0 Å². The lowest BCUT2D eigenvalue weighted by Gasteiger charge is -2.22. The molecule has 6 nitrogen and oxygen atoms in total. The second kappa shape index (κ2) is 5.30. The number of nitrogens with one attached hydrogen (secondary N) is 2. The number of carbonyl (C=O) groups is 2. The number of hydrogen-bond donors (Lipinski definition) is 2. The van der Waals surface area contributed by atoms with Gasteiger partial charge in [0, 0.05) is 18.9 Å². The molecule has 1 aromatic rings. The van der Waals surface area contributed by atoms with Crippen molar-refractivity contribution in [2.45, 2.75) is 32.2 Å². The van der Waals surface area contributed by atoms with Crippen LogP contribution >= 0.6 is 11.6 Å². The van der Waals surface area contributed by atoms with Gasteiger partial charge in [0.15, 0.2) is 0 Å². The number of amides is 2. The summed E-state index contributed by atoms with van der Waals surface area (Å²) in [5.74, 6) is 0.533. The summed E-state index contributed by atoms with van der Waals surface area (Å²) in [6.45, 7) is 1.92. The molecule has 0 aromatic carbocycles. The average molecular weight is 269 g/mol. The minimum Gasteiger partial charge on any atom is -0.358 e. The SMILES string of the molecule is CCc1nc(Cl)cc(NC2CCC(=O)NC2=O)n1. The molecule has 96 valence electrons. The van der Waals surface area contributed by atoms with Crippen LogP contribution in [-0.4, -0.2) is 27.8 Å². The van der Waals surface area contributed by atoms with Gasteiger partial charge in [0.2, 0.25) is 11.8 Å². The Morgan fingerprint density at radius 2 is 2.28 bits per heavy atom. The number of nitrogens with zero attached hydrogens (tertiary/aromatic N) is 2. The van der Waals surface area contributed by atoms with Crippen LogP contribution < -0.4 is 10.6 Å². The van der Waals surface area contributed by atoms with Crippen molar-refractivity contribution in [1.29, 1.82) is 0 Å². The zero-order valence-electron chi connectivity index (χ0n) is 9.86. The van der Waals surface area contributed by atoms with Crippen LogP contribution in [0.3, 0.4) is 0 Å². The molecule has 1 aliphatic heterocycles. The fourth-order valence-electron chi connectivity index (χ4n) is 1.71. The van der Waals surface area contributed by atoms with Crippen LogP contribution in [0.2, 0.25) is 5.15 Å². The summed E-state index contributed by atoms with van der Waals surface area (Å²) >= 11 is 5.86. The third-order valence-corrected chi connectivity index (χ3v) is 2.81. The van der Waals surface area contributed by atoms with Gasteiger partial charge in [-0.15, -0.1) is 0 Å². The van der Waals surface area contributed by atoms with Gasteiger partial charge in [-0.25, -0.2) is 9.97 Å². The maximum atomic E-state index is 11.6. The van der Waals surface area contributed by atoms with Crippen molar-refractivity contribution in [2.24, 2.45) is 0 Å². The molecule has 0 spiro atoms. The van der Waals surface area contributed by atoms with Crippen LogP contribution in [0.1, 0.15) is 25.6 Å². The monoisotopic (exact) mass is 268 g/mol. The number of piperidine rings is 1. The molecule has 1 aromatic heterocycles. The topological polar surface area (TPSA) is 84.0 Å². The minimum absolute atomic E-state index is 0.243. The Labute approximate surface area is 109 Å². The summed E-state index contributed by atoms with van der Waals surface area (Å²) in [7, 11) is 0. The standard InChI is InChI=1S/C11H13ClN4O2/c1-2-8-14-7(12)5-9(15-8)13-6-3-4-10(17)16-11(6)18/h5-6H,2-4H2,1H3,(H,13,14,15)(H,16,17,18). The summed E-state index contributed by atoms with van der Waals surface area (Å²) < 4.78 is 0. The molecule has 1 aliphatic rings. The van der Waals surface area contributed by atoms with Crippen molar-refractivity contribution in [3.63, 3.8) is 0 Å². The van der Waals surface area contributed by atoms with E-state index in [0.29, 0.717) is 36.1 Å². The van der Waals surface area contributed by atoms with Gasteiger partial charge in [0.1, 0.15) is 22.8 Å². The highest BCUT2D eigenvalue weighted by Crippen LogP contribution is 2.15. The number of anilines is 1. The van der Waals surface area contributed by atoms with Crippen molar-refractivity contribution in [3.05, 3.63) is 17.0 Å². The summed E-state index contributed by atoms with van der Waals surface area (Å²) in [6.07, 6.45) is 1.43. The molecule has 0 saturated carbocycles. The minimum atomic E-state index is -0.460. The van der Waals surface area contributed by atoms with Gasteiger partial charge < -0.3 is 5.32 Å². The summed E-state index contributed by atoms with van der Waals surface area (Å²) in [5, 5.41) is 5.57. The highest BCUT2D eigenvalue weighted by Gasteiger charge is 2.26. The molecule has 2 amide bonds. The van der Waals surface area contributed by atoms with Crippen LogP contribution in [0.25, 0.3) is 0 Å². The number of aromatic nitrogens is 2. The van der Waals surface area contributed by atoms with Gasteiger partial charge >= 0.3 is 0 Å². The van der Waals surface area contributed by atoms with E-state index in [0.717, 1.165) is 0 Å². The smallest absolute Gasteiger partial charge is 0.249 e. The van der Waals surface area contributed by atoms with Gasteiger partial charge in [0.05, 0.1) is 0 Å². The van der Waals surface area contributed by atoms with Gasteiger partial charge in [-0.1, -0.05) is 18.5 Å². The second-order valence-corrected chi connectivity index (χ2v) is 4.38. The van der Waals surface area contributed by atoms with Gasteiger partial charge in [-0.3, -0.25) is 14.9 Å². The molecule has 0 bridgehead atoms. The highest BCUT2D eigenvalue weighted by molar-refractivity contribution is 6.29. The highest BCUT2D eigenvalue weighted by atomic mass is 35.5. The number of rotatable bonds is 3. The predicted molar refractivity (Wildman–Crippen MR) is 66.2 cm³/mol. The molecule has 1 fully saturated rings. The maximum absolute atomic E-state index is 11.6. The molecule has 2 N–H and O–H groups in total. The molecule has 1 atom stereocenters. The predicted octanol–water partition coefficient (Wildman–Crippen LogP) is 0.909. The summed E-state index contributed by atoms with van der Waals surface area (Å²) in [6, 6.07) is 1.10. The molecular formula is C11H13ClN4O2. The zero-order chi connectivity index (χ0) is 13.1. The fraction of sp³-hybridized carbons (Fsp3) is 0.455. The normalized spacial score (nSPS) is 19.6. The maximum Gasteiger partial charge on any atom is 0.249 e. The number of hydrogen-bond acceptors (Lipinski definition) is 5. The van der Waals surface area contributed by atoms with E-state index in [1.165, 1.54) is 0 Å². The molecule has 0 aliphatic carbocycles. The number of aryl methyl sites for hydroxylation is 1. The molecular weight excluding hydrogens is 256 g/mol. The van der Waals surface area contributed by atoms with Crippen LogP contribution in [0.5, 0.6) is 0 Å². The first-order valence-corrected chi connectivity index (χ1v) is 6.10. The molecule has 0 radical (unpaired) electrons. The van der Waals surface area contributed by atoms with E-state index in [-0.39, 0.29) is 11.8 Å². The van der Waals surface area contributed by atoms with Crippen molar-refractivity contribution in [1.82, 2.24) is 15.3 Å². The lowest BCUT2D eigenvalue weighted by molar-refractivity contribution is -0.133. The molecule has 2 heterocycles. The largest absolute Gasteiger partial charge is 0.358 e. The lowest BCUT2D eigenvalue weighted by atomic mass is 10.1. The Kier molecular flexibility index (Phi) is 3.76. The fourth-order valence-corrected chi connectivity index (χ4v) is 1.91. The quantitative estimate of drug-likeness (QED) is 0.629. The Hall–Kier alpha value is -1.69. The second-order valence-electron chi connectivity index (χ2n) is 3.99. The number of halogens is 1. The van der Waals surface area contributed by atoms with Crippen LogP contribution in [0.4, 0.5) is 5.82 Å². The van der Waals surface area contributed by atoms with E-state index in [2.05, 4.69) is 20.6 Å². The Balaban J connectivity index is 2.11. The Bertz CT molecular complexity index is 492. The number of imide groups is 1. The van der Waals surface area contributed by atoms with E-state index in [9.17, 15) is 9.59 Å². The van der Waals surface area contributed by atoms with Gasteiger partial charge in [-0.05, 0) is 6.42 Å². The molecule has 18 heavy (non-hydrogen) atoms. The third-order valence-electron chi connectivity index (χ3n) is 2.62. The summed E-state index contributed by atoms with van der Waals surface area (Å²) in [5.41, 5.74) is 0. The first kappa shape index (κ1) is 12.8. The summed E-state index contributed by atoms with van der Waals surface area (Å²) in [4.78, 5) is 30.9.